The van der Waals surface area contributed by atoms with E-state index in [0.717, 1.165) is 24.2 Å². The van der Waals surface area contributed by atoms with Crippen LogP contribution in [0.2, 0.25) is 0 Å². The minimum Gasteiger partial charge on any atom is -0.378 e. The van der Waals surface area contributed by atoms with Crippen LogP contribution in [0.5, 0.6) is 0 Å². The Hall–Kier alpha value is -2.23. The number of rotatable bonds is 2. The highest BCUT2D eigenvalue weighted by Crippen LogP contribution is 2.38. The number of nitrogens with one attached hydrogen (secondary N) is 2. The van der Waals surface area contributed by atoms with Gasteiger partial charge in [-0.25, -0.2) is 0 Å². The van der Waals surface area contributed by atoms with Gasteiger partial charge in [-0.3, -0.25) is 5.10 Å². The molecule has 0 bridgehead atoms. The number of aromatic nitrogens is 3. The summed E-state index contributed by atoms with van der Waals surface area (Å²) in [6, 6.07) is 8.74. The minimum absolute atomic E-state index is 0.373. The molecule has 1 aliphatic rings. The van der Waals surface area contributed by atoms with E-state index < -0.39 is 0 Å². The first-order valence-corrected chi connectivity index (χ1v) is 8.29. The van der Waals surface area contributed by atoms with Gasteiger partial charge in [0.25, 0.3) is 0 Å². The van der Waals surface area contributed by atoms with E-state index in [0.29, 0.717) is 5.41 Å². The quantitative estimate of drug-likeness (QED) is 0.747. The Morgan fingerprint density at radius 2 is 2.00 bits per heavy atom. The molecule has 0 spiro atoms. The lowest BCUT2D eigenvalue weighted by Crippen LogP contribution is -2.21. The van der Waals surface area contributed by atoms with Crippen molar-refractivity contribution in [1.82, 2.24) is 15.2 Å². The molecule has 0 aliphatic heterocycles. The molecule has 0 saturated carbocycles. The molecular formula is C19H24N4. The summed E-state index contributed by atoms with van der Waals surface area (Å²) in [6.45, 7) is 4.67. The number of hydrogen-bond donors (Lipinski definition) is 2. The highest BCUT2D eigenvalue weighted by Gasteiger charge is 2.29. The molecule has 1 aromatic carbocycles. The maximum atomic E-state index is 4.62. The number of nitrogens with zero attached hydrogens (tertiary/aromatic N) is 2. The second-order valence-electron chi connectivity index (χ2n) is 7.72. The number of H-pyrrole nitrogens is 2. The van der Waals surface area contributed by atoms with E-state index in [4.69, 9.17) is 0 Å². The smallest absolute Gasteiger partial charge is 0.112 e. The second kappa shape index (κ2) is 4.88. The maximum absolute atomic E-state index is 4.62. The van der Waals surface area contributed by atoms with Crippen molar-refractivity contribution >= 4 is 16.6 Å². The summed E-state index contributed by atoms with van der Waals surface area (Å²) in [6.07, 6.45) is 3.41. The van der Waals surface area contributed by atoms with Gasteiger partial charge in [0.15, 0.2) is 0 Å². The summed E-state index contributed by atoms with van der Waals surface area (Å²) in [5, 5.41) is 9.13. The third-order valence-corrected chi connectivity index (χ3v) is 5.04. The van der Waals surface area contributed by atoms with Gasteiger partial charge < -0.3 is 9.88 Å². The van der Waals surface area contributed by atoms with Crippen molar-refractivity contribution < 1.29 is 0 Å². The molecule has 23 heavy (non-hydrogen) atoms. The number of hydrogen-bond acceptors (Lipinski definition) is 2. The van der Waals surface area contributed by atoms with E-state index in [9.17, 15) is 0 Å². The van der Waals surface area contributed by atoms with Crippen molar-refractivity contribution in [1.29, 1.82) is 0 Å². The summed E-state index contributed by atoms with van der Waals surface area (Å²) >= 11 is 0. The van der Waals surface area contributed by atoms with E-state index >= 15 is 0 Å². The van der Waals surface area contributed by atoms with Crippen LogP contribution in [-0.4, -0.2) is 29.3 Å². The standard InChI is InChI=1S/C19H24N4/c1-19(2)8-7-14-17(11-19)21-22-18(14)16-9-12-5-6-13(23(3)4)10-15(12)20-16/h5-6,9-10,20H,7-8,11H2,1-4H3,(H,21,22). The molecule has 2 aromatic heterocycles. The van der Waals surface area contributed by atoms with Gasteiger partial charge in [-0.05, 0) is 42.9 Å². The third kappa shape index (κ3) is 2.42. The van der Waals surface area contributed by atoms with Gasteiger partial charge in [0, 0.05) is 41.9 Å². The fourth-order valence-corrected chi connectivity index (χ4v) is 3.59. The van der Waals surface area contributed by atoms with Crippen LogP contribution in [0.4, 0.5) is 5.69 Å². The Morgan fingerprint density at radius 3 is 2.78 bits per heavy atom. The highest BCUT2D eigenvalue weighted by molar-refractivity contribution is 5.88. The largest absolute Gasteiger partial charge is 0.378 e. The Bertz CT molecular complexity index is 867. The van der Waals surface area contributed by atoms with Gasteiger partial charge in [-0.15, -0.1) is 0 Å². The van der Waals surface area contributed by atoms with Crippen LogP contribution >= 0.6 is 0 Å². The molecule has 0 fully saturated rings. The molecular weight excluding hydrogens is 284 g/mol. The first-order chi connectivity index (χ1) is 10.9. The summed E-state index contributed by atoms with van der Waals surface area (Å²) in [7, 11) is 4.13. The van der Waals surface area contributed by atoms with Gasteiger partial charge in [0.2, 0.25) is 0 Å². The topological polar surface area (TPSA) is 47.7 Å². The average molecular weight is 308 g/mol. The molecule has 4 rings (SSSR count). The molecule has 0 radical (unpaired) electrons. The zero-order valence-electron chi connectivity index (χ0n) is 14.3. The molecule has 4 heteroatoms. The zero-order chi connectivity index (χ0) is 16.2. The van der Waals surface area contributed by atoms with Crippen molar-refractivity contribution in [3.8, 4) is 11.4 Å². The first kappa shape index (κ1) is 14.4. The average Bonchev–Trinajstić information content (AvgIpc) is 3.07. The molecule has 1 aliphatic carbocycles. The number of aromatic amines is 2. The number of benzene rings is 1. The van der Waals surface area contributed by atoms with E-state index in [-0.39, 0.29) is 0 Å². The van der Waals surface area contributed by atoms with E-state index in [1.807, 2.05) is 0 Å². The molecule has 0 unspecified atom stereocenters. The summed E-state index contributed by atoms with van der Waals surface area (Å²) in [4.78, 5) is 5.68. The lowest BCUT2D eigenvalue weighted by atomic mass is 9.76. The molecule has 2 N–H and O–H groups in total. The van der Waals surface area contributed by atoms with Crippen LogP contribution in [0.3, 0.4) is 0 Å². The Kier molecular flexibility index (Phi) is 3.05. The maximum Gasteiger partial charge on any atom is 0.112 e. The van der Waals surface area contributed by atoms with Crippen LogP contribution in [0.1, 0.15) is 31.5 Å². The summed E-state index contributed by atoms with van der Waals surface area (Å²) in [5.74, 6) is 0. The van der Waals surface area contributed by atoms with E-state index in [2.05, 4.69) is 72.3 Å². The number of fused-ring (bicyclic) bond motifs is 2. The van der Waals surface area contributed by atoms with Gasteiger partial charge in [-0.2, -0.15) is 5.10 Å². The van der Waals surface area contributed by atoms with Crippen molar-refractivity contribution in [3.63, 3.8) is 0 Å². The molecule has 4 nitrogen and oxygen atoms in total. The minimum atomic E-state index is 0.373. The predicted molar refractivity (Wildman–Crippen MR) is 96.0 cm³/mol. The Balaban J connectivity index is 1.77. The van der Waals surface area contributed by atoms with Crippen LogP contribution in [-0.2, 0) is 12.8 Å². The van der Waals surface area contributed by atoms with Crippen LogP contribution in [0.15, 0.2) is 24.3 Å². The lowest BCUT2D eigenvalue weighted by Gasteiger charge is -2.28. The van der Waals surface area contributed by atoms with E-state index in [1.165, 1.54) is 34.3 Å². The van der Waals surface area contributed by atoms with Crippen molar-refractivity contribution in [3.05, 3.63) is 35.5 Å². The number of anilines is 1. The third-order valence-electron chi connectivity index (χ3n) is 5.04. The summed E-state index contributed by atoms with van der Waals surface area (Å²) < 4.78 is 0. The second-order valence-corrected chi connectivity index (χ2v) is 7.72. The monoisotopic (exact) mass is 308 g/mol. The summed E-state index contributed by atoms with van der Waals surface area (Å²) in [5.41, 5.74) is 7.66. The first-order valence-electron chi connectivity index (χ1n) is 8.29. The Labute approximate surface area is 136 Å². The van der Waals surface area contributed by atoms with Crippen LogP contribution in [0.25, 0.3) is 22.3 Å². The van der Waals surface area contributed by atoms with Crippen molar-refractivity contribution in [2.75, 3.05) is 19.0 Å². The van der Waals surface area contributed by atoms with Gasteiger partial charge in [0.1, 0.15) is 5.69 Å². The highest BCUT2D eigenvalue weighted by atomic mass is 15.1. The lowest BCUT2D eigenvalue weighted by molar-refractivity contribution is 0.312. The molecule has 3 aromatic rings. The fraction of sp³-hybridized carbons (Fsp3) is 0.421. The van der Waals surface area contributed by atoms with Crippen molar-refractivity contribution in [2.24, 2.45) is 5.41 Å². The van der Waals surface area contributed by atoms with E-state index in [1.54, 1.807) is 0 Å². The van der Waals surface area contributed by atoms with Crippen LogP contribution < -0.4 is 4.90 Å². The molecule has 0 saturated heterocycles. The van der Waals surface area contributed by atoms with Gasteiger partial charge in [-0.1, -0.05) is 19.9 Å². The normalized spacial score (nSPS) is 16.5. The van der Waals surface area contributed by atoms with Gasteiger partial charge in [0.05, 0.1) is 5.69 Å². The predicted octanol–water partition coefficient (Wildman–Crippen LogP) is 4.14. The fourth-order valence-electron chi connectivity index (χ4n) is 3.59. The molecule has 0 amide bonds. The molecule has 120 valence electrons. The Morgan fingerprint density at radius 1 is 1.17 bits per heavy atom. The molecule has 0 atom stereocenters. The molecule has 2 heterocycles. The zero-order valence-corrected chi connectivity index (χ0v) is 14.3. The SMILES string of the molecule is CN(C)c1ccc2cc(-c3n[nH]c4c3CCC(C)(C)C4)[nH]c2c1. The van der Waals surface area contributed by atoms with Gasteiger partial charge >= 0.3 is 0 Å². The van der Waals surface area contributed by atoms with Crippen molar-refractivity contribution in [2.45, 2.75) is 33.1 Å². The van der Waals surface area contributed by atoms with Crippen LogP contribution in [0, 0.1) is 5.41 Å².